The van der Waals surface area contributed by atoms with E-state index in [1.54, 1.807) is 11.7 Å². The molecule has 4 nitrogen and oxygen atoms in total. The number of hydrogen-bond acceptors (Lipinski definition) is 3. The molecule has 0 spiro atoms. The largest absolute Gasteiger partial charge is 0.396 e. The van der Waals surface area contributed by atoms with Gasteiger partial charge >= 0.3 is 0 Å². The number of rotatable bonds is 1. The summed E-state index contributed by atoms with van der Waals surface area (Å²) in [6.07, 6.45) is 2.92. The van der Waals surface area contributed by atoms with E-state index < -0.39 is 0 Å². The van der Waals surface area contributed by atoms with Crippen LogP contribution in [-0.4, -0.2) is 14.8 Å². The van der Waals surface area contributed by atoms with Crippen molar-refractivity contribution >= 4 is 5.69 Å². The fraction of sp³-hybridized carbons (Fsp3) is 0.111. The Labute approximate surface area is 80.2 Å². The third-order valence-electron chi connectivity index (χ3n) is 1.93. The maximum absolute atomic E-state index is 12.9. The summed E-state index contributed by atoms with van der Waals surface area (Å²) in [5, 5.41) is 3.95. The fourth-order valence-electron chi connectivity index (χ4n) is 1.30. The fourth-order valence-corrected chi connectivity index (χ4v) is 1.30. The highest BCUT2D eigenvalue weighted by molar-refractivity contribution is 5.69. The molecule has 0 radical (unpaired) electrons. The van der Waals surface area contributed by atoms with Crippen LogP contribution in [0, 0.1) is 5.82 Å². The van der Waals surface area contributed by atoms with Gasteiger partial charge in [-0.05, 0) is 6.07 Å². The average molecular weight is 192 g/mol. The molecule has 0 unspecified atom stereocenters. The Morgan fingerprint density at radius 1 is 1.50 bits per heavy atom. The lowest BCUT2D eigenvalue weighted by Crippen LogP contribution is -1.97. The molecule has 0 fully saturated rings. The smallest absolute Gasteiger partial charge is 0.126 e. The lowest BCUT2D eigenvalue weighted by atomic mass is 10.2. The third kappa shape index (κ3) is 1.32. The first-order chi connectivity index (χ1) is 6.68. The van der Waals surface area contributed by atoms with Gasteiger partial charge in [0.2, 0.25) is 0 Å². The first kappa shape index (κ1) is 8.68. The minimum atomic E-state index is -0.337. The third-order valence-corrected chi connectivity index (χ3v) is 1.93. The number of hydrogen-bond donors (Lipinski definition) is 1. The highest BCUT2D eigenvalue weighted by atomic mass is 19.1. The summed E-state index contributed by atoms with van der Waals surface area (Å²) >= 11 is 0. The van der Waals surface area contributed by atoms with Gasteiger partial charge in [-0.2, -0.15) is 5.10 Å². The maximum atomic E-state index is 12.9. The van der Waals surface area contributed by atoms with Crippen LogP contribution >= 0.6 is 0 Å². The molecule has 0 bridgehead atoms. The van der Waals surface area contributed by atoms with E-state index in [-0.39, 0.29) is 5.82 Å². The molecule has 0 aliphatic rings. The Hall–Kier alpha value is -1.91. The van der Waals surface area contributed by atoms with Gasteiger partial charge in [0, 0.05) is 19.3 Å². The van der Waals surface area contributed by atoms with Crippen molar-refractivity contribution in [3.63, 3.8) is 0 Å². The molecule has 2 rings (SSSR count). The monoisotopic (exact) mass is 192 g/mol. The van der Waals surface area contributed by atoms with Gasteiger partial charge in [-0.1, -0.05) is 0 Å². The molecular weight excluding hydrogens is 183 g/mol. The van der Waals surface area contributed by atoms with Crippen LogP contribution in [0.5, 0.6) is 0 Å². The topological polar surface area (TPSA) is 56.7 Å². The second-order valence-corrected chi connectivity index (χ2v) is 2.93. The van der Waals surface area contributed by atoms with Crippen LogP contribution in [0.15, 0.2) is 24.5 Å². The van der Waals surface area contributed by atoms with E-state index in [0.717, 1.165) is 0 Å². The zero-order valence-corrected chi connectivity index (χ0v) is 7.61. The van der Waals surface area contributed by atoms with E-state index in [1.807, 2.05) is 0 Å². The van der Waals surface area contributed by atoms with Crippen LogP contribution < -0.4 is 5.73 Å². The van der Waals surface area contributed by atoms with Crippen molar-refractivity contribution in [3.8, 4) is 11.4 Å². The summed E-state index contributed by atoms with van der Waals surface area (Å²) in [5.74, 6) is -0.337. The second-order valence-electron chi connectivity index (χ2n) is 2.93. The van der Waals surface area contributed by atoms with Crippen LogP contribution in [0.1, 0.15) is 0 Å². The lowest BCUT2D eigenvalue weighted by molar-refractivity contribution is 0.625. The molecule has 0 aliphatic heterocycles. The number of halogens is 1. The number of nitrogens with two attached hydrogens (primary N) is 1. The summed E-state index contributed by atoms with van der Waals surface area (Å²) in [7, 11) is 1.73. The Morgan fingerprint density at radius 2 is 2.29 bits per heavy atom. The quantitative estimate of drug-likeness (QED) is 0.738. The zero-order valence-electron chi connectivity index (χ0n) is 7.61. The molecule has 14 heavy (non-hydrogen) atoms. The van der Waals surface area contributed by atoms with Crippen LogP contribution in [0.3, 0.4) is 0 Å². The van der Waals surface area contributed by atoms with Crippen molar-refractivity contribution in [2.75, 3.05) is 5.73 Å². The lowest BCUT2D eigenvalue weighted by Gasteiger charge is -2.02. The molecule has 0 aromatic carbocycles. The average Bonchev–Trinajstić information content (AvgIpc) is 2.46. The molecule has 0 saturated carbocycles. The van der Waals surface area contributed by atoms with Gasteiger partial charge in [-0.25, -0.2) is 4.39 Å². The standard InChI is InChI=1S/C9H9FN4/c1-14-9(7(11)5-13-14)8-4-6(10)2-3-12-8/h2-5H,11H2,1H3. The van der Waals surface area contributed by atoms with Crippen molar-refractivity contribution in [3.05, 3.63) is 30.3 Å². The first-order valence-corrected chi connectivity index (χ1v) is 4.08. The summed E-state index contributed by atoms with van der Waals surface area (Å²) in [5.41, 5.74) is 7.29. The SMILES string of the molecule is Cn1ncc(N)c1-c1cc(F)ccn1. The molecule has 2 N–H and O–H groups in total. The maximum Gasteiger partial charge on any atom is 0.126 e. The molecule has 0 saturated heterocycles. The van der Waals surface area contributed by atoms with Gasteiger partial charge in [0.1, 0.15) is 11.5 Å². The normalized spacial score (nSPS) is 10.4. The van der Waals surface area contributed by atoms with Gasteiger partial charge in [-0.3, -0.25) is 9.67 Å². The van der Waals surface area contributed by atoms with E-state index in [2.05, 4.69) is 10.1 Å². The van der Waals surface area contributed by atoms with Crippen LogP contribution in [0.4, 0.5) is 10.1 Å². The van der Waals surface area contributed by atoms with Gasteiger partial charge in [-0.15, -0.1) is 0 Å². The minimum Gasteiger partial charge on any atom is -0.396 e. The number of aromatic nitrogens is 3. The van der Waals surface area contributed by atoms with Gasteiger partial charge in [0.05, 0.1) is 17.6 Å². The Bertz CT molecular complexity index is 444. The zero-order chi connectivity index (χ0) is 10.1. The van der Waals surface area contributed by atoms with E-state index in [4.69, 9.17) is 5.73 Å². The number of aryl methyl sites for hydroxylation is 1. The predicted molar refractivity (Wildman–Crippen MR) is 50.8 cm³/mol. The van der Waals surface area contributed by atoms with Gasteiger partial charge in [0.25, 0.3) is 0 Å². The molecule has 2 aromatic heterocycles. The molecule has 0 amide bonds. The van der Waals surface area contributed by atoms with Crippen molar-refractivity contribution in [2.24, 2.45) is 7.05 Å². The summed E-state index contributed by atoms with van der Waals surface area (Å²) in [4.78, 5) is 4.02. The first-order valence-electron chi connectivity index (χ1n) is 4.08. The Kier molecular flexibility index (Phi) is 1.92. The highest BCUT2D eigenvalue weighted by Crippen LogP contribution is 2.22. The van der Waals surface area contributed by atoms with Crippen molar-refractivity contribution in [1.29, 1.82) is 0 Å². The minimum absolute atomic E-state index is 0.337. The molecule has 0 aliphatic carbocycles. The van der Waals surface area contributed by atoms with Crippen molar-refractivity contribution in [1.82, 2.24) is 14.8 Å². The summed E-state index contributed by atoms with van der Waals surface area (Å²) < 4.78 is 14.5. The van der Waals surface area contributed by atoms with Crippen molar-refractivity contribution in [2.45, 2.75) is 0 Å². The molecule has 5 heteroatoms. The molecule has 0 atom stereocenters. The number of nitrogen functional groups attached to an aromatic ring is 1. The molecular formula is C9H9FN4. The van der Waals surface area contributed by atoms with Crippen LogP contribution in [0.25, 0.3) is 11.4 Å². The van der Waals surface area contributed by atoms with E-state index in [1.165, 1.54) is 24.5 Å². The van der Waals surface area contributed by atoms with E-state index in [0.29, 0.717) is 17.1 Å². The highest BCUT2D eigenvalue weighted by Gasteiger charge is 2.09. The van der Waals surface area contributed by atoms with Gasteiger partial charge < -0.3 is 5.73 Å². The number of pyridine rings is 1. The van der Waals surface area contributed by atoms with Crippen molar-refractivity contribution < 1.29 is 4.39 Å². The second kappa shape index (κ2) is 3.10. The summed E-state index contributed by atoms with van der Waals surface area (Å²) in [6, 6.07) is 2.61. The number of anilines is 1. The van der Waals surface area contributed by atoms with Crippen LogP contribution in [-0.2, 0) is 7.05 Å². The molecule has 2 aromatic rings. The Balaban J connectivity index is 2.59. The van der Waals surface area contributed by atoms with Crippen LogP contribution in [0.2, 0.25) is 0 Å². The predicted octanol–water partition coefficient (Wildman–Crippen LogP) is 1.20. The number of nitrogens with zero attached hydrogens (tertiary/aromatic N) is 3. The molecule has 72 valence electrons. The Morgan fingerprint density at radius 3 is 2.86 bits per heavy atom. The summed E-state index contributed by atoms with van der Waals surface area (Å²) in [6.45, 7) is 0. The van der Waals surface area contributed by atoms with Gasteiger partial charge in [0.15, 0.2) is 0 Å². The van der Waals surface area contributed by atoms with E-state index in [9.17, 15) is 4.39 Å². The molecule has 2 heterocycles. The van der Waals surface area contributed by atoms with E-state index >= 15 is 0 Å².